The van der Waals surface area contributed by atoms with Crippen LogP contribution in [0.5, 0.6) is 0 Å². The molecule has 3 rings (SSSR count). The van der Waals surface area contributed by atoms with Crippen molar-refractivity contribution in [3.8, 4) is 0 Å². The second-order valence-electron chi connectivity index (χ2n) is 4.97. The molecule has 0 bridgehead atoms. The van der Waals surface area contributed by atoms with Crippen LogP contribution in [-0.4, -0.2) is 16.7 Å². The fourth-order valence-electron chi connectivity index (χ4n) is 2.30. The number of non-ortho nitro benzene ring substituents is 1. The van der Waals surface area contributed by atoms with Crippen molar-refractivity contribution < 1.29 is 14.5 Å². The molecule has 2 aromatic carbocycles. The van der Waals surface area contributed by atoms with Gasteiger partial charge in [0.25, 0.3) is 5.69 Å². The zero-order chi connectivity index (χ0) is 16.4. The van der Waals surface area contributed by atoms with E-state index in [0.717, 1.165) is 9.79 Å². The Morgan fingerprint density at radius 3 is 1.83 bits per heavy atom. The number of carbonyl (C=O) groups excluding carboxylic acids is 2. The molecule has 1 heterocycles. The van der Waals surface area contributed by atoms with Crippen molar-refractivity contribution in [3.63, 3.8) is 0 Å². The Kier molecular flexibility index (Phi) is 4.12. The first kappa shape index (κ1) is 15.2. The average molecular weight is 328 g/mol. The zero-order valence-electron chi connectivity index (χ0n) is 12.0. The minimum Gasteiger partial charge on any atom is -0.274 e. The highest BCUT2D eigenvalue weighted by Gasteiger charge is 2.30. The summed E-state index contributed by atoms with van der Waals surface area (Å²) in [5, 5.41) is 10.6. The molecule has 6 nitrogen and oxygen atoms in total. The Morgan fingerprint density at radius 1 is 0.870 bits per heavy atom. The number of amides is 2. The lowest BCUT2D eigenvalue weighted by Crippen LogP contribution is -2.28. The molecular weight excluding hydrogens is 316 g/mol. The number of rotatable bonds is 4. The molecule has 1 saturated heterocycles. The number of nitro groups is 1. The van der Waals surface area contributed by atoms with Crippen molar-refractivity contribution in [2.75, 3.05) is 4.90 Å². The lowest BCUT2D eigenvalue weighted by molar-refractivity contribution is -0.384. The fraction of sp³-hybridized carbons (Fsp3) is 0.125. The second kappa shape index (κ2) is 6.21. The number of benzene rings is 2. The SMILES string of the molecule is O=C1CCC(=O)N1c1ccc(Sc2ccc([N+](=O)[O-])cc2)cc1. The highest BCUT2D eigenvalue weighted by Crippen LogP contribution is 2.31. The van der Waals surface area contributed by atoms with E-state index >= 15 is 0 Å². The van der Waals surface area contributed by atoms with Crippen LogP contribution in [0.1, 0.15) is 12.8 Å². The number of nitro benzene ring substituents is 1. The van der Waals surface area contributed by atoms with Gasteiger partial charge in [-0.1, -0.05) is 11.8 Å². The zero-order valence-corrected chi connectivity index (χ0v) is 12.8. The van der Waals surface area contributed by atoms with Crippen molar-refractivity contribution in [2.24, 2.45) is 0 Å². The minimum atomic E-state index is -0.437. The summed E-state index contributed by atoms with van der Waals surface area (Å²) in [7, 11) is 0. The summed E-state index contributed by atoms with van der Waals surface area (Å²) in [5.41, 5.74) is 0.626. The lowest BCUT2D eigenvalue weighted by atomic mass is 10.3. The predicted octanol–water partition coefficient (Wildman–Crippen LogP) is 3.40. The Hall–Kier alpha value is -2.67. The number of anilines is 1. The molecule has 0 radical (unpaired) electrons. The Morgan fingerprint density at radius 2 is 1.35 bits per heavy atom. The molecule has 116 valence electrons. The van der Waals surface area contributed by atoms with Gasteiger partial charge in [-0.15, -0.1) is 0 Å². The molecule has 1 aliphatic heterocycles. The molecule has 1 fully saturated rings. The second-order valence-corrected chi connectivity index (χ2v) is 6.12. The standard InChI is InChI=1S/C16H12N2O4S/c19-15-9-10-16(20)17(15)11-1-5-13(6-2-11)23-14-7-3-12(4-8-14)18(21)22/h1-8H,9-10H2. The van der Waals surface area contributed by atoms with E-state index in [4.69, 9.17) is 0 Å². The summed E-state index contributed by atoms with van der Waals surface area (Å²) in [4.78, 5) is 36.6. The molecule has 0 aromatic heterocycles. The summed E-state index contributed by atoms with van der Waals surface area (Å²) in [6.45, 7) is 0. The molecular formula is C16H12N2O4S. The summed E-state index contributed by atoms with van der Waals surface area (Å²) in [6.07, 6.45) is 0.524. The van der Waals surface area contributed by atoms with E-state index in [9.17, 15) is 19.7 Å². The Labute approximate surface area is 136 Å². The van der Waals surface area contributed by atoms with Crippen LogP contribution < -0.4 is 4.90 Å². The summed E-state index contributed by atoms with van der Waals surface area (Å²) >= 11 is 1.45. The van der Waals surface area contributed by atoms with Gasteiger partial charge in [-0.3, -0.25) is 24.6 Å². The topological polar surface area (TPSA) is 80.5 Å². The molecule has 0 aliphatic carbocycles. The fourth-order valence-corrected chi connectivity index (χ4v) is 3.12. The van der Waals surface area contributed by atoms with Gasteiger partial charge in [-0.05, 0) is 36.4 Å². The summed E-state index contributed by atoms with van der Waals surface area (Å²) in [6, 6.07) is 13.4. The maximum Gasteiger partial charge on any atom is 0.269 e. The predicted molar refractivity (Wildman–Crippen MR) is 85.4 cm³/mol. The van der Waals surface area contributed by atoms with Crippen LogP contribution in [0.3, 0.4) is 0 Å². The van der Waals surface area contributed by atoms with Gasteiger partial charge in [0, 0.05) is 34.8 Å². The molecule has 1 aliphatic rings. The van der Waals surface area contributed by atoms with Crippen LogP contribution in [0, 0.1) is 10.1 Å². The lowest BCUT2D eigenvalue weighted by Gasteiger charge is -2.14. The Bertz CT molecular complexity index is 756. The largest absolute Gasteiger partial charge is 0.274 e. The van der Waals surface area contributed by atoms with E-state index in [0.29, 0.717) is 5.69 Å². The molecule has 23 heavy (non-hydrogen) atoms. The normalized spacial score (nSPS) is 14.3. The summed E-state index contributed by atoms with van der Waals surface area (Å²) in [5.74, 6) is -0.350. The molecule has 2 aromatic rings. The van der Waals surface area contributed by atoms with Crippen LogP contribution in [0.4, 0.5) is 11.4 Å². The van der Waals surface area contributed by atoms with Gasteiger partial charge >= 0.3 is 0 Å². The smallest absolute Gasteiger partial charge is 0.269 e. The van der Waals surface area contributed by atoms with Gasteiger partial charge < -0.3 is 0 Å². The molecule has 7 heteroatoms. The van der Waals surface area contributed by atoms with Crippen LogP contribution in [0.25, 0.3) is 0 Å². The van der Waals surface area contributed by atoms with Crippen LogP contribution in [-0.2, 0) is 9.59 Å². The van der Waals surface area contributed by atoms with Crippen molar-refractivity contribution in [2.45, 2.75) is 22.6 Å². The van der Waals surface area contributed by atoms with E-state index in [1.165, 1.54) is 28.8 Å². The number of hydrogen-bond acceptors (Lipinski definition) is 5. The molecule has 0 N–H and O–H groups in total. The molecule has 0 spiro atoms. The van der Waals surface area contributed by atoms with Crippen LogP contribution >= 0.6 is 11.8 Å². The number of carbonyl (C=O) groups is 2. The first-order valence-corrected chi connectivity index (χ1v) is 7.74. The van der Waals surface area contributed by atoms with Gasteiger partial charge in [-0.25, -0.2) is 0 Å². The first-order chi connectivity index (χ1) is 11.0. The van der Waals surface area contributed by atoms with E-state index in [1.807, 2.05) is 12.1 Å². The summed E-state index contributed by atoms with van der Waals surface area (Å²) < 4.78 is 0. The quantitative estimate of drug-likeness (QED) is 0.488. The van der Waals surface area contributed by atoms with Crippen molar-refractivity contribution >= 4 is 35.0 Å². The molecule has 0 atom stereocenters. The van der Waals surface area contributed by atoms with Crippen molar-refractivity contribution in [1.29, 1.82) is 0 Å². The third-order valence-corrected chi connectivity index (χ3v) is 4.45. The number of nitrogens with zero attached hydrogens (tertiary/aromatic N) is 2. The molecule has 2 amide bonds. The van der Waals surface area contributed by atoms with Gasteiger partial charge in [0.05, 0.1) is 10.6 Å². The van der Waals surface area contributed by atoms with E-state index < -0.39 is 4.92 Å². The van der Waals surface area contributed by atoms with Crippen molar-refractivity contribution in [3.05, 3.63) is 58.6 Å². The van der Waals surface area contributed by atoms with Gasteiger partial charge in [0.15, 0.2) is 0 Å². The van der Waals surface area contributed by atoms with E-state index in [2.05, 4.69) is 0 Å². The van der Waals surface area contributed by atoms with Gasteiger partial charge in [-0.2, -0.15) is 0 Å². The third-order valence-electron chi connectivity index (χ3n) is 3.43. The number of imide groups is 1. The maximum absolute atomic E-state index is 11.7. The first-order valence-electron chi connectivity index (χ1n) is 6.93. The Balaban J connectivity index is 1.73. The van der Waals surface area contributed by atoms with Crippen molar-refractivity contribution in [1.82, 2.24) is 0 Å². The highest BCUT2D eigenvalue weighted by atomic mass is 32.2. The van der Waals surface area contributed by atoms with E-state index in [1.54, 1.807) is 24.3 Å². The molecule has 0 unspecified atom stereocenters. The molecule has 0 saturated carbocycles. The average Bonchev–Trinajstić information content (AvgIpc) is 2.88. The van der Waals surface area contributed by atoms with Gasteiger partial charge in [0.2, 0.25) is 11.8 Å². The number of hydrogen-bond donors (Lipinski definition) is 0. The van der Waals surface area contributed by atoms with Crippen LogP contribution in [0.15, 0.2) is 58.3 Å². The highest BCUT2D eigenvalue weighted by molar-refractivity contribution is 7.99. The van der Waals surface area contributed by atoms with Gasteiger partial charge in [0.1, 0.15) is 0 Å². The maximum atomic E-state index is 11.7. The monoisotopic (exact) mass is 328 g/mol. The van der Waals surface area contributed by atoms with E-state index in [-0.39, 0.29) is 30.3 Å². The minimum absolute atomic E-state index is 0.0516. The third kappa shape index (κ3) is 3.24. The van der Waals surface area contributed by atoms with Crippen LogP contribution in [0.2, 0.25) is 0 Å².